The smallest absolute Gasteiger partial charge is 0.261 e. The first-order valence-electron chi connectivity index (χ1n) is 5.17. The highest BCUT2D eigenvalue weighted by molar-refractivity contribution is 9.11. The maximum absolute atomic E-state index is 11.9. The molecule has 1 N–H and O–H groups in total. The van der Waals surface area contributed by atoms with E-state index in [0.717, 1.165) is 10.3 Å². The third-order valence-corrected chi connectivity index (χ3v) is 3.84. The largest absolute Gasteiger partial charge is 0.347 e. The molecule has 0 radical (unpaired) electrons. The van der Waals surface area contributed by atoms with Gasteiger partial charge in [0.1, 0.15) is 0 Å². The molecule has 17 heavy (non-hydrogen) atoms. The number of nitrogens with one attached hydrogen (secondary N) is 1. The highest BCUT2D eigenvalue weighted by Gasteiger charge is 2.11. The van der Waals surface area contributed by atoms with Crippen LogP contribution in [-0.4, -0.2) is 21.5 Å². The summed E-state index contributed by atoms with van der Waals surface area (Å²) in [7, 11) is 0. The molecule has 0 aliphatic rings. The molecule has 0 aliphatic heterocycles. The molecule has 0 spiro atoms. The van der Waals surface area contributed by atoms with Gasteiger partial charge in [0.25, 0.3) is 5.91 Å². The Hall–Kier alpha value is -1.14. The predicted octanol–water partition coefficient (Wildman–Crippen LogP) is 2.53. The van der Waals surface area contributed by atoms with Crippen LogP contribution < -0.4 is 5.32 Å². The van der Waals surface area contributed by atoms with Crippen LogP contribution in [0.3, 0.4) is 0 Å². The van der Waals surface area contributed by atoms with Gasteiger partial charge in [-0.3, -0.25) is 4.79 Å². The number of halogens is 1. The van der Waals surface area contributed by atoms with Gasteiger partial charge in [0.05, 0.1) is 15.0 Å². The lowest BCUT2D eigenvalue weighted by atomic mass is 10.3. The van der Waals surface area contributed by atoms with Crippen molar-refractivity contribution in [3.05, 3.63) is 39.5 Å². The highest BCUT2D eigenvalue weighted by Crippen LogP contribution is 2.21. The summed E-state index contributed by atoms with van der Waals surface area (Å²) in [6, 6.07) is 3.76. The van der Waals surface area contributed by atoms with E-state index in [4.69, 9.17) is 0 Å². The van der Waals surface area contributed by atoms with Crippen LogP contribution in [0.2, 0.25) is 0 Å². The molecule has 2 aromatic heterocycles. The summed E-state index contributed by atoms with van der Waals surface area (Å²) in [4.78, 5) is 16.5. The normalized spacial score (nSPS) is 12.4. The van der Waals surface area contributed by atoms with E-state index in [1.165, 1.54) is 11.3 Å². The molecule has 90 valence electrons. The zero-order valence-corrected chi connectivity index (χ0v) is 11.7. The quantitative estimate of drug-likeness (QED) is 0.943. The Balaban J connectivity index is 1.90. The molecule has 1 atom stereocenters. The fourth-order valence-corrected chi connectivity index (χ4v) is 2.78. The Labute approximate surface area is 112 Å². The number of carbonyl (C=O) groups is 1. The van der Waals surface area contributed by atoms with E-state index in [9.17, 15) is 4.79 Å². The maximum Gasteiger partial charge on any atom is 0.261 e. The van der Waals surface area contributed by atoms with Crippen LogP contribution in [0.25, 0.3) is 0 Å². The van der Waals surface area contributed by atoms with Crippen molar-refractivity contribution in [2.45, 2.75) is 19.5 Å². The summed E-state index contributed by atoms with van der Waals surface area (Å²) in [6.07, 6.45) is 5.35. The number of hydrogen-bond acceptors (Lipinski definition) is 3. The van der Waals surface area contributed by atoms with Gasteiger partial charge in [-0.05, 0) is 35.0 Å². The molecular weight excluding hydrogens is 302 g/mol. The second kappa shape index (κ2) is 5.46. The summed E-state index contributed by atoms with van der Waals surface area (Å²) in [5.41, 5.74) is 0. The molecule has 1 unspecified atom stereocenters. The van der Waals surface area contributed by atoms with Crippen molar-refractivity contribution in [3.8, 4) is 0 Å². The van der Waals surface area contributed by atoms with Crippen LogP contribution in [-0.2, 0) is 6.54 Å². The molecule has 0 fully saturated rings. The average Bonchev–Trinajstić information content (AvgIpc) is 2.89. The summed E-state index contributed by atoms with van der Waals surface area (Å²) in [6.45, 7) is 2.69. The molecule has 2 rings (SSSR count). The van der Waals surface area contributed by atoms with E-state index < -0.39 is 0 Å². The molecule has 0 saturated heterocycles. The van der Waals surface area contributed by atoms with Crippen molar-refractivity contribution in [2.24, 2.45) is 0 Å². The van der Waals surface area contributed by atoms with Crippen molar-refractivity contribution < 1.29 is 4.79 Å². The molecule has 0 aliphatic carbocycles. The molecule has 2 heterocycles. The zero-order chi connectivity index (χ0) is 12.3. The van der Waals surface area contributed by atoms with Crippen LogP contribution in [0.5, 0.6) is 0 Å². The number of thiophene rings is 1. The Kier molecular flexibility index (Phi) is 3.96. The van der Waals surface area contributed by atoms with Crippen LogP contribution >= 0.6 is 27.3 Å². The van der Waals surface area contributed by atoms with Crippen molar-refractivity contribution in [3.63, 3.8) is 0 Å². The summed E-state index contributed by atoms with van der Waals surface area (Å²) in [5, 5.41) is 2.95. The van der Waals surface area contributed by atoms with Gasteiger partial charge < -0.3 is 9.88 Å². The lowest BCUT2D eigenvalue weighted by Crippen LogP contribution is -2.35. The minimum absolute atomic E-state index is 0.0340. The second-order valence-corrected chi connectivity index (χ2v) is 6.20. The van der Waals surface area contributed by atoms with Gasteiger partial charge in [-0.25, -0.2) is 4.98 Å². The molecule has 6 heteroatoms. The van der Waals surface area contributed by atoms with E-state index >= 15 is 0 Å². The zero-order valence-electron chi connectivity index (χ0n) is 9.26. The molecule has 0 aromatic carbocycles. The number of amides is 1. The number of imidazole rings is 1. The molecule has 2 aromatic rings. The first-order valence-corrected chi connectivity index (χ1v) is 6.78. The Morgan fingerprint density at radius 2 is 2.47 bits per heavy atom. The number of hydrogen-bond donors (Lipinski definition) is 1. The van der Waals surface area contributed by atoms with Gasteiger partial charge in [0.2, 0.25) is 0 Å². The van der Waals surface area contributed by atoms with E-state index in [0.29, 0.717) is 4.88 Å². The van der Waals surface area contributed by atoms with E-state index in [1.54, 1.807) is 12.5 Å². The minimum atomic E-state index is -0.0340. The lowest BCUT2D eigenvalue weighted by Gasteiger charge is -2.13. The van der Waals surface area contributed by atoms with Crippen molar-refractivity contribution >= 4 is 33.2 Å². The van der Waals surface area contributed by atoms with Gasteiger partial charge >= 0.3 is 0 Å². The maximum atomic E-state index is 11.9. The standard InChI is InChI=1S/C11H12BrN3OS/c1-8(6-15-5-4-13-7-15)14-11(16)9-2-3-10(12)17-9/h2-5,7-8H,6H2,1H3,(H,14,16). The summed E-state index contributed by atoms with van der Waals surface area (Å²) >= 11 is 4.77. The lowest BCUT2D eigenvalue weighted by molar-refractivity contribution is 0.0941. The molecular formula is C11H12BrN3OS. The van der Waals surface area contributed by atoms with E-state index in [2.05, 4.69) is 26.2 Å². The van der Waals surface area contributed by atoms with Crippen molar-refractivity contribution in [2.75, 3.05) is 0 Å². The van der Waals surface area contributed by atoms with E-state index in [-0.39, 0.29) is 11.9 Å². The van der Waals surface area contributed by atoms with Gasteiger partial charge in [-0.1, -0.05) is 0 Å². The number of aromatic nitrogens is 2. The Morgan fingerprint density at radius 3 is 3.06 bits per heavy atom. The number of nitrogens with zero attached hydrogens (tertiary/aromatic N) is 2. The fraction of sp³-hybridized carbons (Fsp3) is 0.273. The topological polar surface area (TPSA) is 46.9 Å². The van der Waals surface area contributed by atoms with Crippen LogP contribution in [0, 0.1) is 0 Å². The van der Waals surface area contributed by atoms with Gasteiger partial charge in [-0.2, -0.15) is 0 Å². The van der Waals surface area contributed by atoms with Crippen LogP contribution in [0.4, 0.5) is 0 Å². The highest BCUT2D eigenvalue weighted by atomic mass is 79.9. The van der Waals surface area contributed by atoms with E-state index in [1.807, 2.05) is 29.8 Å². The molecule has 0 saturated carbocycles. The first-order chi connectivity index (χ1) is 8.15. The van der Waals surface area contributed by atoms with Gasteiger partial charge in [0, 0.05) is 25.0 Å². The first kappa shape index (κ1) is 12.3. The minimum Gasteiger partial charge on any atom is -0.347 e. The molecule has 1 amide bonds. The average molecular weight is 314 g/mol. The Morgan fingerprint density at radius 1 is 1.65 bits per heavy atom. The van der Waals surface area contributed by atoms with Crippen molar-refractivity contribution in [1.82, 2.24) is 14.9 Å². The third kappa shape index (κ3) is 3.41. The van der Waals surface area contributed by atoms with Crippen molar-refractivity contribution in [1.29, 1.82) is 0 Å². The van der Waals surface area contributed by atoms with Gasteiger partial charge in [-0.15, -0.1) is 11.3 Å². The van der Waals surface area contributed by atoms with Crippen LogP contribution in [0.15, 0.2) is 34.6 Å². The predicted molar refractivity (Wildman–Crippen MR) is 71.2 cm³/mol. The Bertz CT molecular complexity index is 495. The molecule has 4 nitrogen and oxygen atoms in total. The van der Waals surface area contributed by atoms with Gasteiger partial charge in [0.15, 0.2) is 0 Å². The summed E-state index contributed by atoms with van der Waals surface area (Å²) < 4.78 is 2.90. The number of carbonyl (C=O) groups excluding carboxylic acids is 1. The monoisotopic (exact) mass is 313 g/mol. The second-order valence-electron chi connectivity index (χ2n) is 3.74. The molecule has 0 bridgehead atoms. The number of rotatable bonds is 4. The summed E-state index contributed by atoms with van der Waals surface area (Å²) in [5.74, 6) is -0.0340. The fourth-order valence-electron chi connectivity index (χ4n) is 1.49. The van der Waals surface area contributed by atoms with Crippen LogP contribution in [0.1, 0.15) is 16.6 Å². The third-order valence-electron chi connectivity index (χ3n) is 2.22. The SMILES string of the molecule is CC(Cn1ccnc1)NC(=O)c1ccc(Br)s1.